The van der Waals surface area contributed by atoms with E-state index < -0.39 is 0 Å². The molecule has 0 fully saturated rings. The van der Waals surface area contributed by atoms with E-state index in [0.29, 0.717) is 24.0 Å². The average molecular weight is 398 g/mol. The van der Waals surface area contributed by atoms with Crippen LogP contribution >= 0.6 is 0 Å². The highest BCUT2D eigenvalue weighted by Gasteiger charge is 2.16. The Bertz CT molecular complexity index is 1120. The van der Waals surface area contributed by atoms with Gasteiger partial charge in [0.1, 0.15) is 0 Å². The fourth-order valence-electron chi connectivity index (χ4n) is 3.06. The van der Waals surface area contributed by atoms with E-state index in [-0.39, 0.29) is 5.91 Å². The molecule has 0 atom stereocenters. The molecule has 2 aromatic carbocycles. The second-order valence-corrected chi connectivity index (χ2v) is 6.77. The van der Waals surface area contributed by atoms with Crippen LogP contribution in [0.2, 0.25) is 0 Å². The van der Waals surface area contributed by atoms with Crippen molar-refractivity contribution < 1.29 is 4.79 Å². The third kappa shape index (κ3) is 4.52. The largest absolute Gasteiger partial charge is 0.352 e. The van der Waals surface area contributed by atoms with Crippen LogP contribution in [0.5, 0.6) is 0 Å². The van der Waals surface area contributed by atoms with Crippen LogP contribution < -0.4 is 10.6 Å². The second-order valence-electron chi connectivity index (χ2n) is 6.77. The number of benzene rings is 2. The highest BCUT2D eigenvalue weighted by molar-refractivity contribution is 6.04. The number of carbonyl (C=O) groups is 1. The number of nitrogens with one attached hydrogen (secondary N) is 2. The third-order valence-electron chi connectivity index (χ3n) is 4.61. The first-order valence-electron chi connectivity index (χ1n) is 9.74. The van der Waals surface area contributed by atoms with Gasteiger partial charge in [-0.2, -0.15) is 9.67 Å². The van der Waals surface area contributed by atoms with Gasteiger partial charge in [-0.3, -0.25) is 15.1 Å². The van der Waals surface area contributed by atoms with Crippen molar-refractivity contribution in [1.82, 2.24) is 19.7 Å². The zero-order chi connectivity index (χ0) is 20.8. The minimum atomic E-state index is -0.224. The van der Waals surface area contributed by atoms with Crippen LogP contribution in [-0.2, 0) is 6.42 Å². The summed E-state index contributed by atoms with van der Waals surface area (Å²) in [6, 6.07) is 22.9. The maximum Gasteiger partial charge on any atom is 0.258 e. The Morgan fingerprint density at radius 3 is 2.50 bits per heavy atom. The number of aromatic nitrogens is 4. The molecule has 0 bridgehead atoms. The lowest BCUT2D eigenvalue weighted by atomic mass is 10.1. The van der Waals surface area contributed by atoms with Gasteiger partial charge in [-0.1, -0.05) is 42.5 Å². The monoisotopic (exact) mass is 398 g/mol. The molecule has 150 valence electrons. The van der Waals surface area contributed by atoms with Crippen molar-refractivity contribution in [3.63, 3.8) is 0 Å². The predicted octanol–water partition coefficient (Wildman–Crippen LogP) is 3.88. The highest BCUT2D eigenvalue weighted by Crippen LogP contribution is 2.18. The fourth-order valence-corrected chi connectivity index (χ4v) is 3.06. The molecule has 2 N–H and O–H groups in total. The van der Waals surface area contributed by atoms with Gasteiger partial charge >= 0.3 is 0 Å². The molecular formula is C23H22N6O. The quantitative estimate of drug-likeness (QED) is 0.494. The van der Waals surface area contributed by atoms with E-state index in [4.69, 9.17) is 0 Å². The molecule has 2 aromatic heterocycles. The summed E-state index contributed by atoms with van der Waals surface area (Å²) in [4.78, 5) is 21.6. The van der Waals surface area contributed by atoms with Gasteiger partial charge in [-0.15, -0.1) is 5.10 Å². The van der Waals surface area contributed by atoms with Crippen LogP contribution in [0.1, 0.15) is 21.6 Å². The number of para-hydroxylation sites is 1. The molecule has 0 unspecified atom stereocenters. The molecule has 0 saturated carbocycles. The summed E-state index contributed by atoms with van der Waals surface area (Å²) in [5.41, 5.74) is 3.29. The molecular weight excluding hydrogens is 376 g/mol. The van der Waals surface area contributed by atoms with E-state index in [1.807, 2.05) is 73.7 Å². The Hall–Kier alpha value is -4.00. The maximum absolute atomic E-state index is 12.8. The number of carbonyl (C=O) groups excluding carboxylic acids is 1. The number of hydrogen-bond donors (Lipinski definition) is 2. The third-order valence-corrected chi connectivity index (χ3v) is 4.61. The fraction of sp³-hybridized carbons (Fsp3) is 0.130. The van der Waals surface area contributed by atoms with Gasteiger partial charge in [0.25, 0.3) is 5.91 Å². The Balaban J connectivity index is 1.55. The first kappa shape index (κ1) is 19.3. The van der Waals surface area contributed by atoms with E-state index in [1.165, 1.54) is 0 Å². The molecule has 30 heavy (non-hydrogen) atoms. The van der Waals surface area contributed by atoms with Crippen LogP contribution in [0.3, 0.4) is 0 Å². The summed E-state index contributed by atoms with van der Waals surface area (Å²) in [7, 11) is 0. The number of pyridine rings is 1. The number of rotatable bonds is 7. The van der Waals surface area contributed by atoms with Crippen molar-refractivity contribution in [3.8, 4) is 5.69 Å². The first-order chi connectivity index (χ1) is 14.7. The lowest BCUT2D eigenvalue weighted by Gasteiger charge is -2.08. The van der Waals surface area contributed by atoms with E-state index in [9.17, 15) is 4.79 Å². The van der Waals surface area contributed by atoms with Gasteiger partial charge in [0.05, 0.1) is 5.69 Å². The van der Waals surface area contributed by atoms with Crippen LogP contribution in [0, 0.1) is 6.92 Å². The number of aryl methyl sites for hydroxylation is 1. The first-order valence-corrected chi connectivity index (χ1v) is 9.74. The van der Waals surface area contributed by atoms with Gasteiger partial charge < -0.3 is 5.32 Å². The molecule has 0 saturated heterocycles. The zero-order valence-corrected chi connectivity index (χ0v) is 16.6. The average Bonchev–Trinajstić information content (AvgIpc) is 3.18. The Morgan fingerprint density at radius 1 is 0.967 bits per heavy atom. The lowest BCUT2D eigenvalue weighted by molar-refractivity contribution is 0.102. The van der Waals surface area contributed by atoms with Gasteiger partial charge in [-0.25, -0.2) is 0 Å². The van der Waals surface area contributed by atoms with Crippen molar-refractivity contribution in [3.05, 3.63) is 95.8 Å². The molecule has 4 aromatic rings. The van der Waals surface area contributed by atoms with Crippen LogP contribution in [0.4, 0.5) is 11.9 Å². The zero-order valence-electron chi connectivity index (χ0n) is 16.6. The molecule has 7 heteroatoms. The van der Waals surface area contributed by atoms with E-state index in [0.717, 1.165) is 23.4 Å². The predicted molar refractivity (Wildman–Crippen MR) is 117 cm³/mol. The normalized spacial score (nSPS) is 10.6. The molecule has 4 rings (SSSR count). The molecule has 0 aliphatic carbocycles. The standard InChI is InChI=1S/C23H22N6O/c1-17-9-5-6-13-20(17)21(30)26-23-27-22(25-16-14-18-10-7-8-15-24-18)28-29(23)19-11-3-2-4-12-19/h2-13,15H,14,16H2,1H3,(H2,25,26,27,28,30). The molecule has 1 amide bonds. The summed E-state index contributed by atoms with van der Waals surface area (Å²) >= 11 is 0. The molecule has 0 aliphatic rings. The Morgan fingerprint density at radius 2 is 1.73 bits per heavy atom. The minimum absolute atomic E-state index is 0.224. The Kier molecular flexibility index (Phi) is 5.80. The SMILES string of the molecule is Cc1ccccc1C(=O)Nc1nc(NCCc2ccccn2)nn1-c1ccccc1. The van der Waals surface area contributed by atoms with Gasteiger partial charge in [0, 0.05) is 30.4 Å². The highest BCUT2D eigenvalue weighted by atomic mass is 16.1. The molecule has 0 spiro atoms. The van der Waals surface area contributed by atoms with Crippen molar-refractivity contribution in [1.29, 1.82) is 0 Å². The van der Waals surface area contributed by atoms with E-state index in [2.05, 4.69) is 25.7 Å². The Labute approximate surface area is 174 Å². The van der Waals surface area contributed by atoms with Crippen LogP contribution in [0.25, 0.3) is 5.69 Å². The van der Waals surface area contributed by atoms with Gasteiger partial charge in [-0.05, 0) is 42.8 Å². The number of amides is 1. The van der Waals surface area contributed by atoms with Gasteiger partial charge in [0.2, 0.25) is 11.9 Å². The summed E-state index contributed by atoms with van der Waals surface area (Å²) in [5, 5.41) is 10.6. The van der Waals surface area contributed by atoms with Crippen molar-refractivity contribution >= 4 is 17.8 Å². The van der Waals surface area contributed by atoms with E-state index in [1.54, 1.807) is 16.9 Å². The number of nitrogens with zero attached hydrogens (tertiary/aromatic N) is 4. The van der Waals surface area contributed by atoms with Gasteiger partial charge in [0.15, 0.2) is 0 Å². The summed E-state index contributed by atoms with van der Waals surface area (Å²) in [5.74, 6) is 0.572. The van der Waals surface area contributed by atoms with Crippen molar-refractivity contribution in [2.75, 3.05) is 17.2 Å². The molecule has 0 radical (unpaired) electrons. The maximum atomic E-state index is 12.8. The van der Waals surface area contributed by atoms with E-state index >= 15 is 0 Å². The van der Waals surface area contributed by atoms with Crippen LogP contribution in [-0.4, -0.2) is 32.2 Å². The summed E-state index contributed by atoms with van der Waals surface area (Å²) < 4.78 is 1.62. The van der Waals surface area contributed by atoms with Crippen LogP contribution in [0.15, 0.2) is 79.0 Å². The molecule has 7 nitrogen and oxygen atoms in total. The summed E-state index contributed by atoms with van der Waals surface area (Å²) in [6.07, 6.45) is 2.52. The smallest absolute Gasteiger partial charge is 0.258 e. The second kappa shape index (κ2) is 9.00. The molecule has 0 aliphatic heterocycles. The van der Waals surface area contributed by atoms with Crippen molar-refractivity contribution in [2.24, 2.45) is 0 Å². The lowest BCUT2D eigenvalue weighted by Crippen LogP contribution is -2.16. The molecule has 2 heterocycles. The topological polar surface area (TPSA) is 84.7 Å². The number of anilines is 2. The minimum Gasteiger partial charge on any atom is -0.352 e. The summed E-state index contributed by atoms with van der Waals surface area (Å²) in [6.45, 7) is 2.53. The number of hydrogen-bond acceptors (Lipinski definition) is 5. The van der Waals surface area contributed by atoms with Crippen molar-refractivity contribution in [2.45, 2.75) is 13.3 Å².